The summed E-state index contributed by atoms with van der Waals surface area (Å²) in [6, 6.07) is 0. The maximum atomic E-state index is 13.4. The molecule has 0 aromatic rings. The highest BCUT2D eigenvalue weighted by molar-refractivity contribution is 5.78. The predicted molar refractivity (Wildman–Crippen MR) is 141 cm³/mol. The molecule has 5 aliphatic carbocycles. The average Bonchev–Trinajstić information content (AvgIpc) is 2.81. The van der Waals surface area contributed by atoms with Gasteiger partial charge in [-0.05, 0) is 103 Å². The van der Waals surface area contributed by atoms with E-state index in [2.05, 4.69) is 59.4 Å². The van der Waals surface area contributed by atoms with Gasteiger partial charge < -0.3 is 4.74 Å². The molecule has 5 rings (SSSR count). The molecule has 35 heavy (non-hydrogen) atoms. The largest absolute Gasteiger partial charge is 0.469 e. The van der Waals surface area contributed by atoms with Crippen LogP contribution in [0.3, 0.4) is 0 Å². The van der Waals surface area contributed by atoms with Gasteiger partial charge >= 0.3 is 5.97 Å². The predicted octanol–water partition coefficient (Wildman–Crippen LogP) is 8.37. The first-order chi connectivity index (χ1) is 16.3. The highest BCUT2D eigenvalue weighted by Gasteiger charge is 2.68. The van der Waals surface area contributed by atoms with E-state index in [0.717, 1.165) is 50.6 Å². The standard InChI is InChI=1S/C32H47NO2/c1-20-21(2)25(33-8)19-29(5)22(20)12-13-31(7)26(29)11-10-23-24-18-28(3,4)14-16-32(24,27(34)35-9)17-15-30(23,31)6/h10,20,22,24,26H,11-19H2,1-7,9H3/t20-,22+,24+,26-,29+,30-,31-,32+/m1/s1. The van der Waals surface area contributed by atoms with Crippen LogP contribution in [0.2, 0.25) is 0 Å². The van der Waals surface area contributed by atoms with Crippen LogP contribution in [0, 0.1) is 57.3 Å². The number of methoxy groups -OCH3 is 1. The molecule has 0 amide bonds. The first-order valence-electron chi connectivity index (χ1n) is 14.2. The molecule has 3 nitrogen and oxygen atoms in total. The summed E-state index contributed by atoms with van der Waals surface area (Å²) in [6.07, 6.45) is 12.4. The maximum absolute atomic E-state index is 13.4. The normalized spacial score (nSPS) is 48.4. The topological polar surface area (TPSA) is 30.7 Å². The van der Waals surface area contributed by atoms with Crippen molar-refractivity contribution >= 4 is 5.97 Å². The Morgan fingerprint density at radius 3 is 2.43 bits per heavy atom. The minimum Gasteiger partial charge on any atom is -0.469 e. The molecule has 0 radical (unpaired) electrons. The summed E-state index contributed by atoms with van der Waals surface area (Å²) >= 11 is 0. The number of allylic oxidation sites excluding steroid dienone is 4. The molecule has 0 aromatic heterocycles. The van der Waals surface area contributed by atoms with Gasteiger partial charge in [-0.2, -0.15) is 0 Å². The minimum atomic E-state index is -0.337. The summed E-state index contributed by atoms with van der Waals surface area (Å²) in [5.74, 6) is 2.07. The summed E-state index contributed by atoms with van der Waals surface area (Å²) in [6.45, 7) is 25.0. The summed E-state index contributed by atoms with van der Waals surface area (Å²) in [5.41, 5.74) is 4.35. The molecular formula is C32H47NO2. The van der Waals surface area contributed by atoms with Crippen LogP contribution in [0.25, 0.3) is 4.85 Å². The van der Waals surface area contributed by atoms with Gasteiger partial charge in [-0.25, -0.2) is 4.85 Å². The molecule has 192 valence electrons. The van der Waals surface area contributed by atoms with E-state index in [9.17, 15) is 4.79 Å². The second-order valence-electron chi connectivity index (χ2n) is 14.6. The van der Waals surface area contributed by atoms with Crippen molar-refractivity contribution in [3.63, 3.8) is 0 Å². The molecule has 8 atom stereocenters. The number of hydrogen-bond acceptors (Lipinski definition) is 2. The van der Waals surface area contributed by atoms with Crippen LogP contribution in [0.5, 0.6) is 0 Å². The Balaban J connectivity index is 1.61. The molecule has 3 saturated carbocycles. The second-order valence-corrected chi connectivity index (χ2v) is 14.6. The van der Waals surface area contributed by atoms with E-state index in [0.29, 0.717) is 23.7 Å². The SMILES string of the molecule is [C-]#[N+]C1=C(C)[C@@H](C)[C@@H]2CC[C@]3(C)[C@H](CC=C4[C@@H]5CC(C)(C)CC[C@]5(C(=O)OC)CC[C@]43C)[C@@]2(C)C1. The lowest BCUT2D eigenvalue weighted by atomic mass is 9.34. The van der Waals surface area contributed by atoms with E-state index in [4.69, 9.17) is 11.3 Å². The molecule has 0 spiro atoms. The van der Waals surface area contributed by atoms with E-state index in [-0.39, 0.29) is 33.0 Å². The summed E-state index contributed by atoms with van der Waals surface area (Å²) in [5, 5.41) is 0. The fraction of sp³-hybridized carbons (Fsp3) is 0.812. The molecule has 0 saturated heterocycles. The van der Waals surface area contributed by atoms with Gasteiger partial charge in [0.15, 0.2) is 5.70 Å². The number of carbonyl (C=O) groups excluding carboxylic acids is 1. The van der Waals surface area contributed by atoms with Gasteiger partial charge in [-0.3, -0.25) is 4.79 Å². The number of nitrogens with zero attached hydrogens (tertiary/aromatic N) is 1. The van der Waals surface area contributed by atoms with Crippen LogP contribution in [-0.2, 0) is 9.53 Å². The molecule has 0 N–H and O–H groups in total. The zero-order chi connectivity index (χ0) is 25.6. The second kappa shape index (κ2) is 7.72. The number of rotatable bonds is 1. The van der Waals surface area contributed by atoms with Crippen molar-refractivity contribution in [2.24, 2.45) is 50.7 Å². The van der Waals surface area contributed by atoms with E-state index in [1.54, 1.807) is 12.7 Å². The minimum absolute atomic E-state index is 0.0345. The molecule has 0 aromatic carbocycles. The highest BCUT2D eigenvalue weighted by Crippen LogP contribution is 2.75. The first kappa shape index (κ1) is 25.1. The van der Waals surface area contributed by atoms with Crippen molar-refractivity contribution in [3.05, 3.63) is 34.3 Å². The van der Waals surface area contributed by atoms with E-state index in [1.807, 2.05) is 0 Å². The molecule has 3 heteroatoms. The summed E-state index contributed by atoms with van der Waals surface area (Å²) < 4.78 is 5.50. The molecule has 3 fully saturated rings. The lowest BCUT2D eigenvalue weighted by Crippen LogP contribution is -2.63. The average molecular weight is 478 g/mol. The van der Waals surface area contributed by atoms with Crippen molar-refractivity contribution < 1.29 is 9.53 Å². The van der Waals surface area contributed by atoms with Gasteiger partial charge in [0, 0.05) is 0 Å². The van der Waals surface area contributed by atoms with Crippen LogP contribution in [0.4, 0.5) is 0 Å². The van der Waals surface area contributed by atoms with Gasteiger partial charge in [0.25, 0.3) is 0 Å². The summed E-state index contributed by atoms with van der Waals surface area (Å²) in [7, 11) is 1.59. The molecule has 0 aliphatic heterocycles. The third-order valence-corrected chi connectivity index (χ3v) is 13.0. The lowest BCUT2D eigenvalue weighted by molar-refractivity contribution is -0.177. The lowest BCUT2D eigenvalue weighted by Gasteiger charge is -2.70. The van der Waals surface area contributed by atoms with Gasteiger partial charge in [0.1, 0.15) is 0 Å². The zero-order valence-electron chi connectivity index (χ0n) is 23.5. The molecular weight excluding hydrogens is 430 g/mol. The van der Waals surface area contributed by atoms with Gasteiger partial charge in [-0.15, -0.1) is 0 Å². The third-order valence-electron chi connectivity index (χ3n) is 13.0. The van der Waals surface area contributed by atoms with E-state index in [1.165, 1.54) is 18.4 Å². The van der Waals surface area contributed by atoms with E-state index < -0.39 is 0 Å². The van der Waals surface area contributed by atoms with Crippen molar-refractivity contribution in [1.82, 2.24) is 0 Å². The Bertz CT molecular complexity index is 1040. The van der Waals surface area contributed by atoms with Crippen molar-refractivity contribution in [2.45, 2.75) is 106 Å². The van der Waals surface area contributed by atoms with Crippen LogP contribution >= 0.6 is 0 Å². The Morgan fingerprint density at radius 2 is 1.77 bits per heavy atom. The molecule has 0 heterocycles. The van der Waals surface area contributed by atoms with Gasteiger partial charge in [0.2, 0.25) is 0 Å². The zero-order valence-corrected chi connectivity index (χ0v) is 23.5. The molecule has 0 bridgehead atoms. The Kier molecular flexibility index (Phi) is 5.54. The van der Waals surface area contributed by atoms with Crippen molar-refractivity contribution in [3.8, 4) is 0 Å². The number of esters is 1. The number of fused-ring (bicyclic) bond motifs is 7. The van der Waals surface area contributed by atoms with Crippen LogP contribution < -0.4 is 0 Å². The Labute approximate surface area is 214 Å². The van der Waals surface area contributed by atoms with Crippen molar-refractivity contribution in [2.75, 3.05) is 7.11 Å². The third kappa shape index (κ3) is 3.10. The maximum Gasteiger partial charge on any atom is 0.312 e. The van der Waals surface area contributed by atoms with Crippen molar-refractivity contribution in [1.29, 1.82) is 0 Å². The number of carbonyl (C=O) groups is 1. The van der Waals surface area contributed by atoms with Crippen LogP contribution in [0.15, 0.2) is 22.9 Å². The smallest absolute Gasteiger partial charge is 0.312 e. The quantitative estimate of drug-likeness (QED) is 0.216. The van der Waals surface area contributed by atoms with Gasteiger partial charge in [-0.1, -0.05) is 65.7 Å². The summed E-state index contributed by atoms with van der Waals surface area (Å²) in [4.78, 5) is 17.4. The fourth-order valence-electron chi connectivity index (χ4n) is 10.5. The fourth-order valence-corrected chi connectivity index (χ4v) is 10.5. The number of ether oxygens (including phenoxy) is 1. The highest BCUT2D eigenvalue weighted by atomic mass is 16.5. The van der Waals surface area contributed by atoms with Gasteiger partial charge in [0.05, 0.1) is 19.1 Å². The number of hydrogen-bond donors (Lipinski definition) is 0. The van der Waals surface area contributed by atoms with Crippen LogP contribution in [0.1, 0.15) is 106 Å². The van der Waals surface area contributed by atoms with Crippen LogP contribution in [-0.4, -0.2) is 13.1 Å². The van der Waals surface area contributed by atoms with E-state index >= 15 is 0 Å². The monoisotopic (exact) mass is 477 g/mol. The molecule has 5 aliphatic rings. The Morgan fingerprint density at radius 1 is 1.09 bits per heavy atom. The first-order valence-corrected chi connectivity index (χ1v) is 14.2. The Hall–Kier alpha value is -1.56. The molecule has 0 unspecified atom stereocenters.